The van der Waals surface area contributed by atoms with Gasteiger partial charge in [-0.15, -0.1) is 0 Å². The molecule has 0 spiro atoms. The van der Waals surface area contributed by atoms with E-state index in [0.29, 0.717) is 11.5 Å². The van der Waals surface area contributed by atoms with E-state index in [0.717, 1.165) is 31.1 Å². The maximum absolute atomic E-state index is 13.6. The minimum Gasteiger partial charge on any atom is -0.390 e. The van der Waals surface area contributed by atoms with Crippen molar-refractivity contribution in [2.75, 3.05) is 19.6 Å². The summed E-state index contributed by atoms with van der Waals surface area (Å²) in [4.78, 5) is 11.7. The molecular formula is C25H33F2N3O2. The maximum atomic E-state index is 13.6. The van der Waals surface area contributed by atoms with Crippen molar-refractivity contribution < 1.29 is 18.7 Å². The van der Waals surface area contributed by atoms with E-state index in [2.05, 4.69) is 54.1 Å². The van der Waals surface area contributed by atoms with E-state index in [4.69, 9.17) is 0 Å². The molecule has 7 heteroatoms. The van der Waals surface area contributed by atoms with Crippen molar-refractivity contribution in [3.05, 3.63) is 70.8 Å². The minimum absolute atomic E-state index is 0.116. The van der Waals surface area contributed by atoms with Gasteiger partial charge in [0.2, 0.25) is 5.91 Å². The van der Waals surface area contributed by atoms with Crippen LogP contribution in [0.4, 0.5) is 8.78 Å². The molecule has 1 unspecified atom stereocenters. The molecule has 3 rings (SSSR count). The molecule has 0 aliphatic carbocycles. The number of benzene rings is 2. The highest BCUT2D eigenvalue weighted by atomic mass is 19.1. The Balaban J connectivity index is 1.76. The zero-order valence-corrected chi connectivity index (χ0v) is 18.9. The number of nitrogens with one attached hydrogen (secondary N) is 3. The second kappa shape index (κ2) is 10.5. The Morgan fingerprint density at radius 3 is 2.50 bits per heavy atom. The zero-order chi connectivity index (χ0) is 23.3. The summed E-state index contributed by atoms with van der Waals surface area (Å²) in [7, 11) is 0. The minimum atomic E-state index is -0.948. The normalized spacial score (nSPS) is 20.3. The molecule has 2 aromatic carbocycles. The quantitative estimate of drug-likeness (QED) is 0.479. The van der Waals surface area contributed by atoms with Crippen LogP contribution in [0, 0.1) is 11.6 Å². The molecule has 1 amide bonds. The first-order valence-electron chi connectivity index (χ1n) is 11.1. The Morgan fingerprint density at radius 1 is 1.19 bits per heavy atom. The van der Waals surface area contributed by atoms with Crippen LogP contribution in [0.1, 0.15) is 49.8 Å². The summed E-state index contributed by atoms with van der Waals surface area (Å²) >= 11 is 0. The predicted octanol–water partition coefficient (Wildman–Crippen LogP) is 2.97. The van der Waals surface area contributed by atoms with Crippen molar-refractivity contribution >= 4 is 5.91 Å². The fourth-order valence-corrected chi connectivity index (χ4v) is 4.36. The molecule has 2 aromatic rings. The third-order valence-corrected chi connectivity index (χ3v) is 6.14. The van der Waals surface area contributed by atoms with Gasteiger partial charge in [-0.2, -0.15) is 0 Å². The molecule has 1 fully saturated rings. The van der Waals surface area contributed by atoms with Crippen LogP contribution in [0.25, 0.3) is 0 Å². The van der Waals surface area contributed by atoms with Crippen molar-refractivity contribution in [3.63, 3.8) is 0 Å². The Morgan fingerprint density at radius 2 is 1.91 bits per heavy atom. The second-order valence-electron chi connectivity index (χ2n) is 9.03. The van der Waals surface area contributed by atoms with E-state index < -0.39 is 23.8 Å². The van der Waals surface area contributed by atoms with Crippen LogP contribution in [0.5, 0.6) is 0 Å². The summed E-state index contributed by atoms with van der Waals surface area (Å²) in [6, 6.07) is 11.0. The van der Waals surface area contributed by atoms with Crippen LogP contribution in [0.3, 0.4) is 0 Å². The highest BCUT2D eigenvalue weighted by Crippen LogP contribution is 2.30. The largest absolute Gasteiger partial charge is 0.390 e. The molecule has 3 atom stereocenters. The monoisotopic (exact) mass is 445 g/mol. The number of hydrogen-bond donors (Lipinski definition) is 4. The van der Waals surface area contributed by atoms with Gasteiger partial charge in [0.1, 0.15) is 11.6 Å². The van der Waals surface area contributed by atoms with Crippen LogP contribution < -0.4 is 16.0 Å². The van der Waals surface area contributed by atoms with Gasteiger partial charge >= 0.3 is 0 Å². The number of rotatable bonds is 9. The van der Waals surface area contributed by atoms with Crippen LogP contribution >= 0.6 is 0 Å². The first-order valence-corrected chi connectivity index (χ1v) is 11.1. The SMILES string of the molecule is CC(=O)N[C@@H](Cc1cc(F)cc(F)c1)[C@H](O)CNC1(c2cccc(C(C)C)c2)CCNC1. The van der Waals surface area contributed by atoms with Gasteiger partial charge in [0.25, 0.3) is 0 Å². The fourth-order valence-electron chi connectivity index (χ4n) is 4.36. The molecule has 1 saturated heterocycles. The van der Waals surface area contributed by atoms with Gasteiger partial charge in [-0.3, -0.25) is 4.79 Å². The van der Waals surface area contributed by atoms with Gasteiger partial charge in [-0.1, -0.05) is 38.1 Å². The smallest absolute Gasteiger partial charge is 0.217 e. The molecule has 1 heterocycles. The maximum Gasteiger partial charge on any atom is 0.217 e. The topological polar surface area (TPSA) is 73.4 Å². The third-order valence-electron chi connectivity index (χ3n) is 6.14. The van der Waals surface area contributed by atoms with Gasteiger partial charge < -0.3 is 21.1 Å². The number of carbonyl (C=O) groups is 1. The molecule has 5 nitrogen and oxygen atoms in total. The third kappa shape index (κ3) is 6.12. The Kier molecular flexibility index (Phi) is 7.98. The highest BCUT2D eigenvalue weighted by Gasteiger charge is 2.36. The van der Waals surface area contributed by atoms with Gasteiger partial charge in [0.05, 0.1) is 17.7 Å². The Labute approximate surface area is 188 Å². The van der Waals surface area contributed by atoms with E-state index in [1.807, 2.05) is 0 Å². The molecule has 0 aromatic heterocycles. The van der Waals surface area contributed by atoms with Crippen molar-refractivity contribution in [3.8, 4) is 0 Å². The lowest BCUT2D eigenvalue weighted by atomic mass is 9.86. The lowest BCUT2D eigenvalue weighted by molar-refractivity contribution is -0.120. The molecule has 1 aliphatic heterocycles. The van der Waals surface area contributed by atoms with E-state index in [1.165, 1.54) is 24.6 Å². The van der Waals surface area contributed by atoms with Crippen LogP contribution in [0.2, 0.25) is 0 Å². The number of aliphatic hydroxyl groups excluding tert-OH is 1. The first-order chi connectivity index (χ1) is 15.2. The molecule has 174 valence electrons. The molecular weight excluding hydrogens is 412 g/mol. The Bertz CT molecular complexity index is 909. The number of amides is 1. The van der Waals surface area contributed by atoms with Crippen molar-refractivity contribution in [1.82, 2.24) is 16.0 Å². The standard InChI is InChI=1S/C25H33F2N3O2/c1-16(2)19-5-4-6-20(12-19)25(7-8-28-15-25)29-14-24(32)23(30-17(3)31)11-18-9-21(26)13-22(27)10-18/h4-6,9-10,12-13,16,23-24,28-29,32H,7-8,11,14-15H2,1-3H3,(H,30,31)/t23-,24+,25?/m0/s1. The van der Waals surface area contributed by atoms with Crippen molar-refractivity contribution in [2.45, 2.75) is 57.2 Å². The lowest BCUT2D eigenvalue weighted by Gasteiger charge is -2.34. The number of aliphatic hydroxyl groups is 1. The number of halogens is 2. The number of carbonyl (C=O) groups excluding carboxylic acids is 1. The second-order valence-corrected chi connectivity index (χ2v) is 9.03. The van der Waals surface area contributed by atoms with Crippen LogP contribution in [-0.2, 0) is 16.8 Å². The van der Waals surface area contributed by atoms with Crippen LogP contribution in [0.15, 0.2) is 42.5 Å². The van der Waals surface area contributed by atoms with Gasteiger partial charge in [0, 0.05) is 26.1 Å². The fraction of sp³-hybridized carbons (Fsp3) is 0.480. The first kappa shape index (κ1) is 24.3. The molecule has 32 heavy (non-hydrogen) atoms. The summed E-state index contributed by atoms with van der Waals surface area (Å²) in [5.41, 5.74) is 2.45. The molecule has 4 N–H and O–H groups in total. The summed E-state index contributed by atoms with van der Waals surface area (Å²) < 4.78 is 27.2. The van der Waals surface area contributed by atoms with E-state index in [1.54, 1.807) is 0 Å². The van der Waals surface area contributed by atoms with E-state index >= 15 is 0 Å². The summed E-state index contributed by atoms with van der Waals surface area (Å²) in [5, 5.41) is 20.6. The van der Waals surface area contributed by atoms with Crippen LogP contribution in [-0.4, -0.2) is 42.8 Å². The summed E-state index contributed by atoms with van der Waals surface area (Å²) in [6.45, 7) is 7.47. The summed E-state index contributed by atoms with van der Waals surface area (Å²) in [5.74, 6) is -1.28. The van der Waals surface area contributed by atoms with Gasteiger partial charge in [-0.05, 0) is 54.1 Å². The molecule has 0 bridgehead atoms. The molecule has 0 saturated carbocycles. The van der Waals surface area contributed by atoms with Gasteiger partial charge in [0.15, 0.2) is 0 Å². The highest BCUT2D eigenvalue weighted by molar-refractivity contribution is 5.73. The molecule has 1 aliphatic rings. The lowest BCUT2D eigenvalue weighted by Crippen LogP contribution is -2.53. The number of hydrogen-bond acceptors (Lipinski definition) is 4. The molecule has 0 radical (unpaired) electrons. The Hall–Kier alpha value is -2.35. The average Bonchev–Trinajstić information content (AvgIpc) is 3.21. The average molecular weight is 446 g/mol. The van der Waals surface area contributed by atoms with E-state index in [9.17, 15) is 18.7 Å². The summed E-state index contributed by atoms with van der Waals surface area (Å²) in [6.07, 6.45) is 0.0304. The predicted molar refractivity (Wildman–Crippen MR) is 121 cm³/mol. The van der Waals surface area contributed by atoms with Crippen molar-refractivity contribution in [1.29, 1.82) is 0 Å². The van der Waals surface area contributed by atoms with Crippen molar-refractivity contribution in [2.24, 2.45) is 0 Å². The van der Waals surface area contributed by atoms with E-state index in [-0.39, 0.29) is 24.4 Å². The van der Waals surface area contributed by atoms with Gasteiger partial charge in [-0.25, -0.2) is 8.78 Å². The zero-order valence-electron chi connectivity index (χ0n) is 18.9.